The monoisotopic (exact) mass is 419 g/mol. The van der Waals surface area contributed by atoms with E-state index in [1.54, 1.807) is 6.07 Å². The number of aromatic nitrogens is 1. The van der Waals surface area contributed by atoms with Crippen molar-refractivity contribution in [2.45, 2.75) is 6.61 Å². The Morgan fingerprint density at radius 2 is 1.83 bits per heavy atom. The molecule has 0 aliphatic heterocycles. The molecular weight excluding hydrogens is 406 g/mol. The maximum absolute atomic E-state index is 12.6. The number of hydrogen-bond donors (Lipinski definition) is 0. The highest BCUT2D eigenvalue weighted by Gasteiger charge is 2.13. The molecule has 0 aliphatic rings. The minimum atomic E-state index is -0.411. The molecule has 6 heteroatoms. The zero-order chi connectivity index (χ0) is 19.8. The predicted octanol–water partition coefficient (Wildman–Crippen LogP) is 6.30. The molecule has 0 bridgehead atoms. The van der Waals surface area contributed by atoms with Gasteiger partial charge < -0.3 is 9.15 Å². The Labute approximate surface area is 175 Å². The van der Waals surface area contributed by atoms with Crippen LogP contribution in [-0.4, -0.2) is 4.98 Å². The maximum Gasteiger partial charge on any atom is 0.346 e. The summed E-state index contributed by atoms with van der Waals surface area (Å²) in [5.41, 5.74) is 2.41. The summed E-state index contributed by atoms with van der Waals surface area (Å²) in [6.07, 6.45) is 0. The van der Waals surface area contributed by atoms with E-state index in [9.17, 15) is 4.79 Å². The highest BCUT2D eigenvalue weighted by Crippen LogP contribution is 2.30. The summed E-state index contributed by atoms with van der Waals surface area (Å²) in [5.74, 6) is 0.628. The summed E-state index contributed by atoms with van der Waals surface area (Å²) in [7, 11) is 0. The highest BCUT2D eigenvalue weighted by molar-refractivity contribution is 7.21. The summed E-state index contributed by atoms with van der Waals surface area (Å²) in [4.78, 5) is 17.1. The van der Waals surface area contributed by atoms with Crippen molar-refractivity contribution >= 4 is 44.1 Å². The minimum Gasteiger partial charge on any atom is -0.489 e. The highest BCUT2D eigenvalue weighted by atomic mass is 35.5. The zero-order valence-corrected chi connectivity index (χ0v) is 16.7. The molecule has 5 aromatic rings. The molecule has 0 fully saturated rings. The van der Waals surface area contributed by atoms with Crippen molar-refractivity contribution < 1.29 is 9.15 Å². The van der Waals surface area contributed by atoms with Crippen LogP contribution in [0.15, 0.2) is 82.0 Å². The van der Waals surface area contributed by atoms with Gasteiger partial charge in [0.1, 0.15) is 22.9 Å². The third-order valence-electron chi connectivity index (χ3n) is 4.55. The standard InChI is InChI=1S/C23H14ClNO3S/c24-16-8-5-14(6-9-16)13-27-17-10-7-15-11-18(23(26)28-20(15)12-17)22-25-19-3-1-2-4-21(19)29-22/h1-12H,13H2. The molecule has 2 heterocycles. The van der Waals surface area contributed by atoms with E-state index in [-0.39, 0.29) is 0 Å². The average Bonchev–Trinajstić information content (AvgIpc) is 3.16. The molecule has 0 radical (unpaired) electrons. The Hall–Kier alpha value is -3.15. The molecule has 3 aromatic carbocycles. The Morgan fingerprint density at radius 3 is 2.66 bits per heavy atom. The van der Waals surface area contributed by atoms with Gasteiger partial charge in [-0.3, -0.25) is 0 Å². The Balaban J connectivity index is 1.45. The number of hydrogen-bond acceptors (Lipinski definition) is 5. The molecule has 0 aliphatic carbocycles. The fraction of sp³-hybridized carbons (Fsp3) is 0.0435. The van der Waals surface area contributed by atoms with Crippen molar-refractivity contribution in [3.8, 4) is 16.3 Å². The summed E-state index contributed by atoms with van der Waals surface area (Å²) in [6.45, 7) is 0.399. The fourth-order valence-corrected chi connectivity index (χ4v) is 4.16. The predicted molar refractivity (Wildman–Crippen MR) is 117 cm³/mol. The van der Waals surface area contributed by atoms with Crippen molar-refractivity contribution in [1.29, 1.82) is 0 Å². The van der Waals surface area contributed by atoms with E-state index in [0.29, 0.717) is 33.5 Å². The van der Waals surface area contributed by atoms with E-state index in [1.165, 1.54) is 11.3 Å². The molecular formula is C23H14ClNO3S. The van der Waals surface area contributed by atoms with Crippen LogP contribution in [0.1, 0.15) is 5.56 Å². The zero-order valence-electron chi connectivity index (χ0n) is 15.1. The lowest BCUT2D eigenvalue weighted by Gasteiger charge is -2.07. The van der Waals surface area contributed by atoms with Crippen molar-refractivity contribution in [2.24, 2.45) is 0 Å². The van der Waals surface area contributed by atoms with Crippen LogP contribution in [-0.2, 0) is 6.61 Å². The number of rotatable bonds is 4. The van der Waals surface area contributed by atoms with Crippen LogP contribution in [0, 0.1) is 0 Å². The molecule has 0 unspecified atom stereocenters. The van der Waals surface area contributed by atoms with Gasteiger partial charge in [0.25, 0.3) is 0 Å². The van der Waals surface area contributed by atoms with Gasteiger partial charge in [-0.25, -0.2) is 9.78 Å². The lowest BCUT2D eigenvalue weighted by Crippen LogP contribution is -2.02. The van der Waals surface area contributed by atoms with Crippen molar-refractivity contribution in [3.63, 3.8) is 0 Å². The summed E-state index contributed by atoms with van der Waals surface area (Å²) in [6, 6.07) is 22.6. The van der Waals surface area contributed by atoms with Crippen LogP contribution in [0.5, 0.6) is 5.75 Å². The second-order valence-electron chi connectivity index (χ2n) is 6.55. The lowest BCUT2D eigenvalue weighted by molar-refractivity contribution is 0.306. The molecule has 0 spiro atoms. The van der Waals surface area contributed by atoms with Crippen LogP contribution in [0.4, 0.5) is 0 Å². The number of thiazole rings is 1. The Morgan fingerprint density at radius 1 is 1.00 bits per heavy atom. The van der Waals surface area contributed by atoms with Gasteiger partial charge >= 0.3 is 5.63 Å². The van der Waals surface area contributed by atoms with Gasteiger partial charge in [-0.05, 0) is 48.0 Å². The van der Waals surface area contributed by atoms with E-state index >= 15 is 0 Å². The first kappa shape index (κ1) is 17.9. The number of para-hydroxylation sites is 1. The molecule has 142 valence electrons. The van der Waals surface area contributed by atoms with Crippen molar-refractivity contribution in [3.05, 3.63) is 93.8 Å². The quantitative estimate of drug-likeness (QED) is 0.321. The van der Waals surface area contributed by atoms with Gasteiger partial charge in [-0.1, -0.05) is 35.9 Å². The number of fused-ring (bicyclic) bond motifs is 2. The topological polar surface area (TPSA) is 52.3 Å². The number of ether oxygens (including phenoxy) is 1. The summed E-state index contributed by atoms with van der Waals surface area (Å²) in [5, 5.41) is 2.16. The van der Waals surface area contributed by atoms with Crippen LogP contribution < -0.4 is 10.4 Å². The second kappa shape index (κ2) is 7.35. The first-order valence-corrected chi connectivity index (χ1v) is 10.2. The second-order valence-corrected chi connectivity index (χ2v) is 8.02. The van der Waals surface area contributed by atoms with Gasteiger partial charge in [-0.2, -0.15) is 0 Å². The number of halogens is 1. The van der Waals surface area contributed by atoms with Crippen LogP contribution in [0.2, 0.25) is 5.02 Å². The average molecular weight is 420 g/mol. The molecule has 29 heavy (non-hydrogen) atoms. The van der Waals surface area contributed by atoms with Gasteiger partial charge in [0.2, 0.25) is 0 Å². The van der Waals surface area contributed by atoms with Crippen LogP contribution in [0.25, 0.3) is 31.8 Å². The molecule has 0 saturated heterocycles. The Bertz CT molecular complexity index is 1360. The first-order chi connectivity index (χ1) is 14.2. The third-order valence-corrected chi connectivity index (χ3v) is 5.87. The molecule has 2 aromatic heterocycles. The SMILES string of the molecule is O=c1oc2cc(OCc3ccc(Cl)cc3)ccc2cc1-c1nc2ccccc2s1. The number of nitrogens with zero attached hydrogens (tertiary/aromatic N) is 1. The fourth-order valence-electron chi connectivity index (χ4n) is 3.07. The van der Waals surface area contributed by atoms with E-state index in [1.807, 2.05) is 66.7 Å². The minimum absolute atomic E-state index is 0.399. The smallest absolute Gasteiger partial charge is 0.346 e. The van der Waals surface area contributed by atoms with Gasteiger partial charge in [0.15, 0.2) is 0 Å². The molecule has 0 saturated carbocycles. The van der Waals surface area contributed by atoms with E-state index in [0.717, 1.165) is 21.2 Å². The van der Waals surface area contributed by atoms with E-state index in [4.69, 9.17) is 20.8 Å². The van der Waals surface area contributed by atoms with E-state index < -0.39 is 5.63 Å². The number of benzene rings is 3. The summed E-state index contributed by atoms with van der Waals surface area (Å²) < 4.78 is 12.4. The lowest BCUT2D eigenvalue weighted by atomic mass is 10.2. The molecule has 4 nitrogen and oxygen atoms in total. The Kier molecular flexibility index (Phi) is 4.54. The summed E-state index contributed by atoms with van der Waals surface area (Å²) >= 11 is 7.38. The third kappa shape index (κ3) is 3.62. The van der Waals surface area contributed by atoms with Gasteiger partial charge in [-0.15, -0.1) is 11.3 Å². The van der Waals surface area contributed by atoms with Gasteiger partial charge in [0, 0.05) is 16.5 Å². The molecule has 0 atom stereocenters. The van der Waals surface area contributed by atoms with Gasteiger partial charge in [0.05, 0.1) is 15.8 Å². The largest absolute Gasteiger partial charge is 0.489 e. The van der Waals surface area contributed by atoms with Crippen LogP contribution in [0.3, 0.4) is 0 Å². The first-order valence-electron chi connectivity index (χ1n) is 8.97. The van der Waals surface area contributed by atoms with Crippen molar-refractivity contribution in [2.75, 3.05) is 0 Å². The van der Waals surface area contributed by atoms with Crippen molar-refractivity contribution in [1.82, 2.24) is 4.98 Å². The van der Waals surface area contributed by atoms with E-state index in [2.05, 4.69) is 4.98 Å². The molecule has 0 amide bonds. The molecule has 5 rings (SSSR count). The normalized spacial score (nSPS) is 11.2. The maximum atomic E-state index is 12.6. The molecule has 0 N–H and O–H groups in total. The van der Waals surface area contributed by atoms with Crippen LogP contribution >= 0.6 is 22.9 Å².